The van der Waals surface area contributed by atoms with E-state index in [-0.39, 0.29) is 43.6 Å². The van der Waals surface area contributed by atoms with Crippen LogP contribution >= 0.6 is 0 Å². The molecule has 1 aliphatic rings. The van der Waals surface area contributed by atoms with Gasteiger partial charge in [-0.1, -0.05) is 0 Å². The van der Waals surface area contributed by atoms with Gasteiger partial charge < -0.3 is 18.7 Å². The van der Waals surface area contributed by atoms with E-state index in [1.807, 2.05) is 4.90 Å². The van der Waals surface area contributed by atoms with Gasteiger partial charge in [0.2, 0.25) is 0 Å². The molecule has 156 valence electrons. The lowest BCUT2D eigenvalue weighted by molar-refractivity contribution is -0.0566. The summed E-state index contributed by atoms with van der Waals surface area (Å²) in [7, 11) is 1.52. The van der Waals surface area contributed by atoms with Crippen molar-refractivity contribution < 1.29 is 27.5 Å². The zero-order valence-corrected chi connectivity index (χ0v) is 16.2. The summed E-state index contributed by atoms with van der Waals surface area (Å²) in [5.74, 6) is -2.13. The maximum atomic E-state index is 13.5. The second-order valence-electron chi connectivity index (χ2n) is 7.63. The number of halogens is 2. The topological polar surface area (TPSA) is 76.0 Å². The number of benzene rings is 2. The number of rotatable bonds is 3. The maximum Gasteiger partial charge on any atom is 0.348 e. The van der Waals surface area contributed by atoms with Crippen LogP contribution in [0.2, 0.25) is 0 Å². The van der Waals surface area contributed by atoms with Gasteiger partial charge in [-0.25, -0.2) is 13.6 Å². The highest BCUT2D eigenvalue weighted by Gasteiger charge is 2.34. The van der Waals surface area contributed by atoms with E-state index in [0.29, 0.717) is 38.8 Å². The molecule has 0 radical (unpaired) electrons. The first-order valence-corrected chi connectivity index (χ1v) is 9.64. The Balaban J connectivity index is 1.70. The number of nitrogens with zero attached hydrogens (tertiary/aromatic N) is 1. The van der Waals surface area contributed by atoms with Crippen molar-refractivity contribution >= 4 is 32.9 Å². The number of hydrogen-bond acceptors (Lipinski definition) is 6. The largest absolute Gasteiger partial charge is 0.508 e. The fourth-order valence-corrected chi connectivity index (χ4v) is 4.11. The normalized spacial score (nSPS) is 17.2. The second-order valence-corrected chi connectivity index (χ2v) is 7.63. The van der Waals surface area contributed by atoms with Gasteiger partial charge in [-0.2, -0.15) is 0 Å². The smallest absolute Gasteiger partial charge is 0.348 e. The Labute approximate surface area is 169 Å². The fourth-order valence-electron chi connectivity index (χ4n) is 4.11. The van der Waals surface area contributed by atoms with Gasteiger partial charge in [-0.15, -0.1) is 0 Å². The van der Waals surface area contributed by atoms with E-state index in [2.05, 4.69) is 0 Å². The zero-order chi connectivity index (χ0) is 21.0. The van der Waals surface area contributed by atoms with Gasteiger partial charge in [-0.05, 0) is 24.3 Å². The number of piperidine rings is 1. The molecule has 8 heteroatoms. The molecule has 2 aromatic carbocycles. The minimum atomic E-state index is -2.66. The van der Waals surface area contributed by atoms with Gasteiger partial charge in [0.1, 0.15) is 28.1 Å². The number of ether oxygens (including phenoxy) is 1. The summed E-state index contributed by atoms with van der Waals surface area (Å²) in [5, 5.41) is 11.8. The highest BCUT2D eigenvalue weighted by atomic mass is 19.3. The SMILES string of the molecule is COc1ccc2c(c1)oc(=O)c1c2oc2ccc(O)c(CN3CCC(F)(F)CC3)c21. The molecule has 0 bridgehead atoms. The lowest BCUT2D eigenvalue weighted by Gasteiger charge is -2.31. The van der Waals surface area contributed by atoms with E-state index >= 15 is 0 Å². The van der Waals surface area contributed by atoms with Crippen molar-refractivity contribution in [1.29, 1.82) is 0 Å². The molecule has 2 aromatic heterocycles. The van der Waals surface area contributed by atoms with Gasteiger partial charge >= 0.3 is 5.63 Å². The van der Waals surface area contributed by atoms with Gasteiger partial charge in [0.15, 0.2) is 5.58 Å². The van der Waals surface area contributed by atoms with Crippen molar-refractivity contribution in [3.63, 3.8) is 0 Å². The Bertz CT molecular complexity index is 1330. The monoisotopic (exact) mass is 415 g/mol. The maximum absolute atomic E-state index is 13.5. The standard InChI is InChI=1S/C22H19F2NO5/c1-28-12-2-3-13-17(10-12)30-21(27)19-18-14(11-25-8-6-22(23,24)7-9-25)15(26)4-5-16(18)29-20(13)19/h2-5,10,26H,6-9,11H2,1H3. The molecule has 30 heavy (non-hydrogen) atoms. The van der Waals surface area contributed by atoms with Crippen LogP contribution in [0.15, 0.2) is 44.0 Å². The number of aromatic hydroxyl groups is 1. The van der Waals surface area contributed by atoms with E-state index in [4.69, 9.17) is 13.6 Å². The summed E-state index contributed by atoms with van der Waals surface area (Å²) in [4.78, 5) is 14.7. The first-order chi connectivity index (χ1) is 14.4. The van der Waals surface area contributed by atoms with E-state index in [9.17, 15) is 18.7 Å². The van der Waals surface area contributed by atoms with Crippen LogP contribution in [0, 0.1) is 0 Å². The van der Waals surface area contributed by atoms with Gasteiger partial charge in [0, 0.05) is 49.5 Å². The molecule has 0 unspecified atom stereocenters. The van der Waals surface area contributed by atoms with Crippen LogP contribution in [0.1, 0.15) is 18.4 Å². The Morgan fingerprint density at radius 3 is 2.60 bits per heavy atom. The molecule has 3 heterocycles. The van der Waals surface area contributed by atoms with E-state index in [1.54, 1.807) is 24.3 Å². The summed E-state index contributed by atoms with van der Waals surface area (Å²) in [6.07, 6.45) is -0.463. The summed E-state index contributed by atoms with van der Waals surface area (Å²) < 4.78 is 43.7. The molecule has 1 aliphatic heterocycles. The van der Waals surface area contributed by atoms with Gasteiger partial charge in [0.05, 0.1) is 12.5 Å². The molecule has 1 fully saturated rings. The van der Waals surface area contributed by atoms with E-state index in [0.717, 1.165) is 0 Å². The quantitative estimate of drug-likeness (QED) is 0.492. The van der Waals surface area contributed by atoms with Crippen molar-refractivity contribution in [1.82, 2.24) is 4.90 Å². The number of alkyl halides is 2. The third kappa shape index (κ3) is 2.99. The van der Waals surface area contributed by atoms with Crippen LogP contribution in [0.5, 0.6) is 11.5 Å². The van der Waals surface area contributed by atoms with Crippen molar-refractivity contribution in [3.05, 3.63) is 46.3 Å². The zero-order valence-electron chi connectivity index (χ0n) is 16.2. The van der Waals surface area contributed by atoms with Crippen molar-refractivity contribution in [2.24, 2.45) is 0 Å². The van der Waals surface area contributed by atoms with Crippen LogP contribution in [-0.2, 0) is 6.54 Å². The number of methoxy groups -OCH3 is 1. The summed E-state index contributed by atoms with van der Waals surface area (Å²) in [6, 6.07) is 8.17. The lowest BCUT2D eigenvalue weighted by atomic mass is 10.0. The van der Waals surface area contributed by atoms with Gasteiger partial charge in [0.25, 0.3) is 5.92 Å². The van der Waals surface area contributed by atoms with E-state index in [1.165, 1.54) is 13.2 Å². The molecule has 0 aliphatic carbocycles. The molecule has 1 saturated heterocycles. The minimum Gasteiger partial charge on any atom is -0.508 e. The number of furan rings is 1. The second kappa shape index (κ2) is 6.70. The predicted molar refractivity (Wildman–Crippen MR) is 107 cm³/mol. The van der Waals surface area contributed by atoms with Gasteiger partial charge in [-0.3, -0.25) is 4.90 Å². The molecule has 0 saturated carbocycles. The Kier molecular flexibility index (Phi) is 4.21. The highest BCUT2D eigenvalue weighted by molar-refractivity contribution is 6.14. The Morgan fingerprint density at radius 2 is 1.87 bits per heavy atom. The lowest BCUT2D eigenvalue weighted by Crippen LogP contribution is -2.38. The molecule has 4 aromatic rings. The van der Waals surface area contributed by atoms with Crippen LogP contribution in [0.4, 0.5) is 8.78 Å². The molecular formula is C22H19F2NO5. The molecule has 0 amide bonds. The van der Waals surface area contributed by atoms with Crippen LogP contribution in [0.3, 0.4) is 0 Å². The van der Waals surface area contributed by atoms with Crippen molar-refractivity contribution in [2.75, 3.05) is 20.2 Å². The molecule has 0 spiro atoms. The van der Waals surface area contributed by atoms with Crippen LogP contribution in [-0.4, -0.2) is 36.1 Å². The number of fused-ring (bicyclic) bond motifs is 5. The number of phenols is 1. The van der Waals surface area contributed by atoms with Crippen molar-refractivity contribution in [2.45, 2.75) is 25.3 Å². The molecule has 6 nitrogen and oxygen atoms in total. The molecule has 5 rings (SSSR count). The number of phenolic OH excluding ortho intramolecular Hbond substituents is 1. The van der Waals surface area contributed by atoms with Crippen LogP contribution in [0.25, 0.3) is 32.9 Å². The van der Waals surface area contributed by atoms with Crippen molar-refractivity contribution in [3.8, 4) is 11.5 Å². The third-order valence-corrected chi connectivity index (χ3v) is 5.75. The Morgan fingerprint density at radius 1 is 1.10 bits per heavy atom. The molecular weight excluding hydrogens is 396 g/mol. The van der Waals surface area contributed by atoms with E-state index < -0.39 is 11.5 Å². The summed E-state index contributed by atoms with van der Waals surface area (Å²) >= 11 is 0. The third-order valence-electron chi connectivity index (χ3n) is 5.75. The number of likely N-dealkylation sites (tertiary alicyclic amines) is 1. The fraction of sp³-hybridized carbons (Fsp3) is 0.318. The average Bonchev–Trinajstić information content (AvgIpc) is 3.11. The highest BCUT2D eigenvalue weighted by Crippen LogP contribution is 2.39. The molecule has 1 N–H and O–H groups in total. The Hall–Kier alpha value is -3.13. The average molecular weight is 415 g/mol. The predicted octanol–water partition coefficient (Wildman–Crippen LogP) is 4.64. The first-order valence-electron chi connectivity index (χ1n) is 9.64. The van der Waals surface area contributed by atoms with Crippen LogP contribution < -0.4 is 10.4 Å². The summed E-state index contributed by atoms with van der Waals surface area (Å²) in [6.45, 7) is 0.639. The summed E-state index contributed by atoms with van der Waals surface area (Å²) in [5.41, 5.74) is 0.986. The minimum absolute atomic E-state index is 0.0169. The number of hydrogen-bond donors (Lipinski definition) is 1. The molecule has 0 atom stereocenters. The first kappa shape index (κ1) is 18.9.